The van der Waals surface area contributed by atoms with E-state index in [0.717, 1.165) is 12.8 Å². The lowest BCUT2D eigenvalue weighted by Gasteiger charge is -2.44. The molecule has 0 spiro atoms. The molecule has 0 fully saturated rings. The van der Waals surface area contributed by atoms with Gasteiger partial charge in [0.05, 0.1) is 12.1 Å². The summed E-state index contributed by atoms with van der Waals surface area (Å²) in [7, 11) is 2.33. The molecule has 0 aliphatic heterocycles. The van der Waals surface area contributed by atoms with E-state index in [0.29, 0.717) is 26.4 Å². The molecule has 0 heterocycles. The van der Waals surface area contributed by atoms with Crippen molar-refractivity contribution in [3.63, 3.8) is 0 Å². The van der Waals surface area contributed by atoms with Crippen LogP contribution in [0.15, 0.2) is 0 Å². The summed E-state index contributed by atoms with van der Waals surface area (Å²) in [6.07, 6.45) is 2.07. The standard InChI is InChI=1S/C18H43NO4Si2/c1-7-20-17(5,21-8-2)15(11-13-24)19-16(12-14-25)18(6,22-9-3)23-10-4/h15-16,19H,7-14H2,1-6,24-25H3. The van der Waals surface area contributed by atoms with Gasteiger partial charge >= 0.3 is 0 Å². The third-order valence-corrected chi connectivity index (χ3v) is 5.70. The van der Waals surface area contributed by atoms with Gasteiger partial charge in [0.2, 0.25) is 0 Å². The molecular weight excluding hydrogens is 350 g/mol. The van der Waals surface area contributed by atoms with E-state index in [1.54, 1.807) is 0 Å². The second-order valence-electron chi connectivity index (χ2n) is 6.61. The minimum atomic E-state index is -0.628. The Morgan fingerprint density at radius 1 is 0.680 bits per heavy atom. The largest absolute Gasteiger partial charge is 0.349 e. The molecule has 0 aliphatic carbocycles. The molecule has 5 nitrogen and oxygen atoms in total. The van der Waals surface area contributed by atoms with Gasteiger partial charge in [-0.25, -0.2) is 0 Å². The normalized spacial score (nSPS) is 15.6. The van der Waals surface area contributed by atoms with E-state index in [1.165, 1.54) is 32.6 Å². The lowest BCUT2D eigenvalue weighted by atomic mass is 9.99. The summed E-state index contributed by atoms with van der Waals surface area (Å²) >= 11 is 0. The Labute approximate surface area is 161 Å². The van der Waals surface area contributed by atoms with Crippen molar-refractivity contribution in [2.24, 2.45) is 0 Å². The lowest BCUT2D eigenvalue weighted by molar-refractivity contribution is -0.260. The van der Waals surface area contributed by atoms with E-state index in [1.807, 2.05) is 27.7 Å². The number of nitrogens with one attached hydrogen (secondary N) is 1. The first-order valence-corrected chi connectivity index (χ1v) is 13.0. The van der Waals surface area contributed by atoms with Gasteiger partial charge in [-0.2, -0.15) is 0 Å². The molecule has 152 valence electrons. The summed E-state index contributed by atoms with van der Waals surface area (Å²) in [5.41, 5.74) is 0. The predicted octanol–water partition coefficient (Wildman–Crippen LogP) is 1.24. The van der Waals surface area contributed by atoms with Crippen molar-refractivity contribution in [3.05, 3.63) is 0 Å². The second kappa shape index (κ2) is 13.4. The minimum Gasteiger partial charge on any atom is -0.349 e. The fourth-order valence-electron chi connectivity index (χ4n) is 3.45. The van der Waals surface area contributed by atoms with Crippen molar-refractivity contribution in [3.8, 4) is 0 Å². The maximum atomic E-state index is 6.05. The Morgan fingerprint density at radius 3 is 1.16 bits per heavy atom. The van der Waals surface area contributed by atoms with E-state index < -0.39 is 11.6 Å². The predicted molar refractivity (Wildman–Crippen MR) is 113 cm³/mol. The number of hydrogen-bond donors (Lipinski definition) is 1. The second-order valence-corrected chi connectivity index (χ2v) is 8.61. The molecule has 0 bridgehead atoms. The van der Waals surface area contributed by atoms with Gasteiger partial charge < -0.3 is 24.3 Å². The summed E-state index contributed by atoms with van der Waals surface area (Å²) in [4.78, 5) is 0. The first-order chi connectivity index (χ1) is 11.9. The lowest BCUT2D eigenvalue weighted by Crippen LogP contribution is -2.61. The van der Waals surface area contributed by atoms with E-state index in [-0.39, 0.29) is 12.1 Å². The van der Waals surface area contributed by atoms with Gasteiger partial charge in [0.25, 0.3) is 0 Å². The molecule has 0 aromatic heterocycles. The van der Waals surface area contributed by atoms with Crippen molar-refractivity contribution < 1.29 is 18.9 Å². The smallest absolute Gasteiger partial charge is 0.180 e. The van der Waals surface area contributed by atoms with E-state index in [2.05, 4.69) is 19.2 Å². The molecule has 0 amide bonds. The zero-order chi connectivity index (χ0) is 19.3. The Balaban J connectivity index is 5.53. The SMILES string of the molecule is CCOC(C)(OCC)C(CC[SiH3])NC(CC[SiH3])C(C)(OCC)OCC. The molecule has 7 heteroatoms. The summed E-state index contributed by atoms with van der Waals surface area (Å²) in [5.74, 6) is -1.26. The quantitative estimate of drug-likeness (QED) is 0.316. The topological polar surface area (TPSA) is 49.0 Å². The van der Waals surface area contributed by atoms with Crippen LogP contribution in [0.25, 0.3) is 0 Å². The van der Waals surface area contributed by atoms with Gasteiger partial charge in [0.15, 0.2) is 11.6 Å². The average molecular weight is 394 g/mol. The first-order valence-electron chi connectivity index (χ1n) is 10.2. The van der Waals surface area contributed by atoms with Crippen LogP contribution in [-0.4, -0.2) is 70.6 Å². The molecular formula is C18H43NO4Si2. The Morgan fingerprint density at radius 2 is 0.960 bits per heavy atom. The van der Waals surface area contributed by atoms with Gasteiger partial charge in [-0.05, 0) is 54.4 Å². The molecule has 0 saturated carbocycles. The van der Waals surface area contributed by atoms with Crippen LogP contribution in [0.2, 0.25) is 12.1 Å². The molecule has 1 N–H and O–H groups in total. The highest BCUT2D eigenvalue weighted by Gasteiger charge is 2.42. The third kappa shape index (κ3) is 8.20. The number of rotatable bonds is 16. The first kappa shape index (κ1) is 25.2. The highest BCUT2D eigenvalue weighted by atomic mass is 28.1. The van der Waals surface area contributed by atoms with Crippen LogP contribution >= 0.6 is 0 Å². The van der Waals surface area contributed by atoms with Gasteiger partial charge in [-0.3, -0.25) is 0 Å². The fourth-order valence-corrected chi connectivity index (χ4v) is 4.60. The third-order valence-electron chi connectivity index (χ3n) is 4.55. The van der Waals surface area contributed by atoms with Crippen LogP contribution in [0.1, 0.15) is 54.4 Å². The minimum absolute atomic E-state index is 0.114. The highest BCUT2D eigenvalue weighted by molar-refractivity contribution is 6.08. The van der Waals surface area contributed by atoms with E-state index in [4.69, 9.17) is 18.9 Å². The molecule has 0 aromatic rings. The van der Waals surface area contributed by atoms with Crippen LogP contribution in [0.4, 0.5) is 0 Å². The average Bonchev–Trinajstić information content (AvgIpc) is 2.54. The van der Waals surface area contributed by atoms with Gasteiger partial charge in [-0.1, -0.05) is 12.1 Å². The maximum Gasteiger partial charge on any atom is 0.180 e. The Bertz CT molecular complexity index is 292. The monoisotopic (exact) mass is 393 g/mol. The zero-order valence-corrected chi connectivity index (χ0v) is 21.9. The van der Waals surface area contributed by atoms with Crippen LogP contribution in [0, 0.1) is 0 Å². The Hall–Kier alpha value is 0.234. The maximum absolute atomic E-state index is 6.05. The van der Waals surface area contributed by atoms with Crippen molar-refractivity contribution in [2.75, 3.05) is 26.4 Å². The van der Waals surface area contributed by atoms with Crippen molar-refractivity contribution in [1.29, 1.82) is 0 Å². The molecule has 0 radical (unpaired) electrons. The molecule has 0 saturated heterocycles. The van der Waals surface area contributed by atoms with Crippen LogP contribution in [0.5, 0.6) is 0 Å². The summed E-state index contributed by atoms with van der Waals surface area (Å²) < 4.78 is 24.2. The van der Waals surface area contributed by atoms with Crippen molar-refractivity contribution in [1.82, 2.24) is 5.32 Å². The van der Waals surface area contributed by atoms with Gasteiger partial charge in [0, 0.05) is 46.9 Å². The molecule has 0 aromatic carbocycles. The van der Waals surface area contributed by atoms with Crippen LogP contribution in [0.3, 0.4) is 0 Å². The number of hydrogen-bond acceptors (Lipinski definition) is 5. The molecule has 25 heavy (non-hydrogen) atoms. The molecule has 0 rings (SSSR count). The number of ether oxygens (including phenoxy) is 4. The molecule has 0 aliphatic rings. The van der Waals surface area contributed by atoms with Crippen molar-refractivity contribution >= 4 is 20.5 Å². The highest BCUT2D eigenvalue weighted by Crippen LogP contribution is 2.27. The summed E-state index contributed by atoms with van der Waals surface area (Å²) in [6, 6.07) is 2.62. The van der Waals surface area contributed by atoms with E-state index in [9.17, 15) is 0 Å². The summed E-state index contributed by atoms with van der Waals surface area (Å²) in [5, 5.41) is 3.82. The van der Waals surface area contributed by atoms with Gasteiger partial charge in [0.1, 0.15) is 0 Å². The zero-order valence-electron chi connectivity index (χ0n) is 17.9. The van der Waals surface area contributed by atoms with Crippen molar-refractivity contribution in [2.45, 2.75) is 90.1 Å². The van der Waals surface area contributed by atoms with Crippen LogP contribution < -0.4 is 5.32 Å². The Kier molecular flexibility index (Phi) is 13.5. The molecule has 2 unspecified atom stereocenters. The molecule has 2 atom stereocenters. The van der Waals surface area contributed by atoms with Crippen LogP contribution in [-0.2, 0) is 18.9 Å². The fraction of sp³-hybridized carbons (Fsp3) is 1.00. The van der Waals surface area contributed by atoms with E-state index >= 15 is 0 Å². The van der Waals surface area contributed by atoms with Gasteiger partial charge in [-0.15, -0.1) is 0 Å². The summed E-state index contributed by atoms with van der Waals surface area (Å²) in [6.45, 7) is 14.7.